The highest BCUT2D eigenvalue weighted by Gasteiger charge is 2.44. The highest BCUT2D eigenvalue weighted by atomic mass is 35.5. The molecule has 286 valence electrons. The maximum Gasteiger partial charge on any atom is 0.303 e. The lowest BCUT2D eigenvalue weighted by atomic mass is 9.81. The summed E-state index contributed by atoms with van der Waals surface area (Å²) >= 11 is 8.14. The number of carboxylic acids is 1. The van der Waals surface area contributed by atoms with Gasteiger partial charge in [-0.25, -0.2) is 5.26 Å². The van der Waals surface area contributed by atoms with Crippen molar-refractivity contribution in [3.05, 3.63) is 93.7 Å². The van der Waals surface area contributed by atoms with Gasteiger partial charge in [0, 0.05) is 63.8 Å². The number of nitrogens with zero attached hydrogens (tertiary/aromatic N) is 2. The molecule has 1 aliphatic carbocycles. The van der Waals surface area contributed by atoms with Crippen LogP contribution in [0.4, 0.5) is 11.4 Å². The molecular formula is C40H50ClN2O8S2+. The fourth-order valence-electron chi connectivity index (χ4n) is 7.66. The van der Waals surface area contributed by atoms with Crippen LogP contribution in [0.15, 0.2) is 92.4 Å². The predicted octanol–water partition coefficient (Wildman–Crippen LogP) is 10.0. The molecule has 3 N–H and O–H groups in total. The van der Waals surface area contributed by atoms with E-state index in [-0.39, 0.29) is 16.7 Å². The van der Waals surface area contributed by atoms with Crippen LogP contribution < -0.4 is 4.90 Å². The number of rotatable bonds is 16. The zero-order valence-electron chi connectivity index (χ0n) is 31.0. The molecule has 2 heterocycles. The van der Waals surface area contributed by atoms with Crippen LogP contribution in [0.5, 0.6) is 0 Å². The van der Waals surface area contributed by atoms with Crippen LogP contribution in [0.1, 0.15) is 104 Å². The van der Waals surface area contributed by atoms with E-state index < -0.39 is 21.5 Å². The highest BCUT2D eigenvalue weighted by Crippen LogP contribution is 2.49. The molecular weight excluding hydrogens is 736 g/mol. The minimum absolute atomic E-state index is 0.118. The molecule has 0 amide bonds. The fourth-order valence-corrected chi connectivity index (χ4v) is 8.88. The summed E-state index contributed by atoms with van der Waals surface area (Å²) in [6.07, 6.45) is 15.4. The van der Waals surface area contributed by atoms with Crippen LogP contribution in [0.2, 0.25) is 0 Å². The molecule has 0 saturated heterocycles. The molecule has 0 aromatic heterocycles. The Morgan fingerprint density at radius 2 is 1.77 bits per heavy atom. The predicted molar refractivity (Wildman–Crippen MR) is 210 cm³/mol. The molecule has 53 heavy (non-hydrogen) atoms. The number of carbonyl (C=O) groups is 1. The number of fused-ring (bicyclic) bond motifs is 2. The molecule has 2 aromatic carbocycles. The Bertz CT molecular complexity index is 2000. The Kier molecular flexibility index (Phi) is 13.2. The summed E-state index contributed by atoms with van der Waals surface area (Å²) in [5, 5.41) is 22.3. The van der Waals surface area contributed by atoms with Crippen molar-refractivity contribution in [2.45, 2.75) is 113 Å². The van der Waals surface area contributed by atoms with Gasteiger partial charge >= 0.3 is 5.97 Å². The van der Waals surface area contributed by atoms with Gasteiger partial charge in [-0.3, -0.25) is 9.35 Å². The fraction of sp³-hybridized carbons (Fsp3) is 0.450. The molecule has 0 atom stereocenters. The monoisotopic (exact) mass is 785 g/mol. The van der Waals surface area contributed by atoms with Crippen molar-refractivity contribution in [1.29, 1.82) is 0 Å². The average Bonchev–Trinajstić information content (AvgIpc) is 3.45. The van der Waals surface area contributed by atoms with Crippen LogP contribution in [0, 0.1) is 0 Å². The van der Waals surface area contributed by atoms with Crippen molar-refractivity contribution in [3.8, 4) is 0 Å². The third-order valence-electron chi connectivity index (χ3n) is 10.5. The molecule has 0 unspecified atom stereocenters. The number of anilines is 1. The Morgan fingerprint density at radius 3 is 2.47 bits per heavy atom. The van der Waals surface area contributed by atoms with Crippen molar-refractivity contribution in [3.63, 3.8) is 0 Å². The Labute approximate surface area is 322 Å². The van der Waals surface area contributed by atoms with Gasteiger partial charge in [0.1, 0.15) is 6.54 Å². The first-order chi connectivity index (χ1) is 25.1. The van der Waals surface area contributed by atoms with Crippen LogP contribution >= 0.6 is 23.6 Å². The summed E-state index contributed by atoms with van der Waals surface area (Å²) in [5.41, 5.74) is 7.29. The van der Waals surface area contributed by atoms with E-state index in [0.29, 0.717) is 13.0 Å². The van der Waals surface area contributed by atoms with Gasteiger partial charge in [0.25, 0.3) is 10.1 Å². The summed E-state index contributed by atoms with van der Waals surface area (Å²) in [5.74, 6) is -0.812. The zero-order valence-corrected chi connectivity index (χ0v) is 33.4. The zero-order chi connectivity index (χ0) is 38.6. The average molecular weight is 786 g/mol. The van der Waals surface area contributed by atoms with Gasteiger partial charge < -0.3 is 10.0 Å². The van der Waals surface area contributed by atoms with E-state index >= 15 is 0 Å². The first-order valence-corrected chi connectivity index (χ1v) is 20.7. The lowest BCUT2D eigenvalue weighted by Crippen LogP contribution is -2.28. The van der Waals surface area contributed by atoms with Gasteiger partial charge in [0.2, 0.25) is 5.69 Å². The van der Waals surface area contributed by atoms with Crippen LogP contribution in [0.3, 0.4) is 0 Å². The smallest absolute Gasteiger partial charge is 0.303 e. The minimum atomic E-state index is -4.39. The van der Waals surface area contributed by atoms with Gasteiger partial charge in [0.05, 0.1) is 22.4 Å². The van der Waals surface area contributed by atoms with E-state index in [2.05, 4.69) is 71.7 Å². The maximum atomic E-state index is 12.1. The molecule has 0 saturated carbocycles. The Balaban J connectivity index is 1.48. The summed E-state index contributed by atoms with van der Waals surface area (Å²) in [7, 11) is -4.39. The maximum absolute atomic E-state index is 12.1. The van der Waals surface area contributed by atoms with Gasteiger partial charge in [0.15, 0.2) is 5.71 Å². The molecule has 0 fully saturated rings. The summed E-state index contributed by atoms with van der Waals surface area (Å²) in [4.78, 5) is 13.9. The second-order valence-electron chi connectivity index (χ2n) is 14.8. The third-order valence-corrected chi connectivity index (χ3v) is 12.4. The summed E-state index contributed by atoms with van der Waals surface area (Å²) in [6.45, 7) is 12.2. The van der Waals surface area contributed by atoms with E-state index in [1.54, 1.807) is 12.1 Å². The molecule has 0 radical (unpaired) electrons. The molecule has 0 spiro atoms. The molecule has 0 bridgehead atoms. The van der Waals surface area contributed by atoms with Crippen molar-refractivity contribution in [2.75, 3.05) is 18.0 Å². The van der Waals surface area contributed by atoms with Gasteiger partial charge in [-0.15, -0.1) is 4.33 Å². The topological polar surface area (TPSA) is 137 Å². The van der Waals surface area contributed by atoms with E-state index in [4.69, 9.17) is 26.3 Å². The number of carboxylic acid groups (broad SMARTS) is 1. The first-order valence-electron chi connectivity index (χ1n) is 18.1. The number of unbranched alkanes of at least 4 members (excludes halogenated alkanes) is 3. The van der Waals surface area contributed by atoms with Gasteiger partial charge in [-0.1, -0.05) is 62.4 Å². The number of allylic oxidation sites excluding steroid dienone is 8. The molecule has 2 aromatic rings. The second kappa shape index (κ2) is 17.1. The van der Waals surface area contributed by atoms with Crippen LogP contribution in [0.25, 0.3) is 0 Å². The molecule has 3 aliphatic rings. The van der Waals surface area contributed by atoms with E-state index in [1.165, 1.54) is 11.8 Å². The summed E-state index contributed by atoms with van der Waals surface area (Å²) in [6, 6.07) is 10.8. The standard InChI is InChI=1S/C40H49ClN2O8S2/c1-6-7-23-42-33-19-17-29(52-51-50-46)25-31(33)39(2,3)35(42)21-15-27-12-11-13-28(38(27)41)16-22-36-40(4,5)32-26-30(53(47,48)49)18-20-34(32)43(36)24-10-8-9-14-37(44)45/h15-22,25-26H,6-14,23-24H2,1-5H3,(H2-,44,45,46,47,48,49)/p+1. The summed E-state index contributed by atoms with van der Waals surface area (Å²) < 4.78 is 41.0. The van der Waals surface area contributed by atoms with Crippen molar-refractivity contribution in [2.24, 2.45) is 0 Å². The molecule has 5 rings (SSSR count). The van der Waals surface area contributed by atoms with Crippen molar-refractivity contribution < 1.29 is 42.1 Å². The number of hydrogen-bond acceptors (Lipinski definition) is 8. The largest absolute Gasteiger partial charge is 0.481 e. The lowest BCUT2D eigenvalue weighted by Gasteiger charge is -2.27. The number of benzene rings is 2. The quantitative estimate of drug-likeness (QED) is 0.0377. The number of hydrogen-bond donors (Lipinski definition) is 3. The molecule has 13 heteroatoms. The van der Waals surface area contributed by atoms with E-state index in [1.807, 2.05) is 19.9 Å². The molecule has 2 aliphatic heterocycles. The lowest BCUT2D eigenvalue weighted by molar-refractivity contribution is -0.438. The molecule has 10 nitrogen and oxygen atoms in total. The van der Waals surface area contributed by atoms with Crippen molar-refractivity contribution in [1.82, 2.24) is 0 Å². The SMILES string of the molecule is CCCC[N+]1=C(/C=C/C2=C(Cl)C(=C/C=C3/N(CCCCCC(=O)O)c4ccc(S(=O)(=O)O)cc4C3(C)C)/CCC2)C(C)(C)c2cc(SOOO)ccc21. The van der Waals surface area contributed by atoms with Gasteiger partial charge in [-0.2, -0.15) is 13.0 Å². The third kappa shape index (κ3) is 9.02. The van der Waals surface area contributed by atoms with Crippen molar-refractivity contribution >= 4 is 56.8 Å². The minimum Gasteiger partial charge on any atom is -0.481 e. The highest BCUT2D eigenvalue weighted by molar-refractivity contribution is 7.94. The Morgan fingerprint density at radius 1 is 1.00 bits per heavy atom. The van der Waals surface area contributed by atoms with E-state index in [0.717, 1.165) is 113 Å². The van der Waals surface area contributed by atoms with Crippen LogP contribution in [-0.2, 0) is 35.1 Å². The Hall–Kier alpha value is -3.23. The van der Waals surface area contributed by atoms with Crippen LogP contribution in [-0.4, -0.2) is 52.7 Å². The second-order valence-corrected chi connectivity index (χ2v) is 17.4. The number of halogens is 1. The van der Waals surface area contributed by atoms with E-state index in [9.17, 15) is 17.8 Å². The van der Waals surface area contributed by atoms with Gasteiger partial charge in [-0.05, 0) is 99.1 Å². The first kappa shape index (κ1) is 40.9. The number of aliphatic carboxylic acids is 1. The normalized spacial score (nSPS) is 19.6.